The molecule has 0 spiro atoms. The molecule has 2 heterocycles. The second-order valence-electron chi connectivity index (χ2n) is 4.42. The number of hydrogen-bond donors (Lipinski definition) is 1. The summed E-state index contributed by atoms with van der Waals surface area (Å²) in [6.07, 6.45) is 2.33. The molecule has 9 nitrogen and oxygen atoms in total. The number of hydrogen-bond acceptors (Lipinski definition) is 6. The van der Waals surface area contributed by atoms with Gasteiger partial charge >= 0.3 is 5.97 Å². The quantitative estimate of drug-likeness (QED) is 0.779. The topological polar surface area (TPSA) is 112 Å². The standard InChI is InChI=1S/C11H17N7O2/c1-3-5-8-10(11(19)20)13-15-18(8)7-9-12-14-16-17(9)6-4-2/h3-7H2,1-2H3,(H,19,20). The lowest BCUT2D eigenvalue weighted by Crippen LogP contribution is -2.14. The van der Waals surface area contributed by atoms with E-state index in [4.69, 9.17) is 5.11 Å². The fourth-order valence-electron chi connectivity index (χ4n) is 1.97. The van der Waals surface area contributed by atoms with Gasteiger partial charge < -0.3 is 5.11 Å². The first-order chi connectivity index (χ1) is 9.67. The van der Waals surface area contributed by atoms with E-state index in [0.29, 0.717) is 31.0 Å². The van der Waals surface area contributed by atoms with Crippen LogP contribution in [0.3, 0.4) is 0 Å². The molecule has 2 aromatic heterocycles. The molecule has 0 bridgehead atoms. The van der Waals surface area contributed by atoms with Gasteiger partial charge in [0, 0.05) is 6.54 Å². The van der Waals surface area contributed by atoms with Gasteiger partial charge in [-0.3, -0.25) is 0 Å². The lowest BCUT2D eigenvalue weighted by molar-refractivity contribution is 0.0689. The van der Waals surface area contributed by atoms with E-state index in [1.54, 1.807) is 9.36 Å². The number of aromatic nitrogens is 7. The van der Waals surface area contributed by atoms with E-state index >= 15 is 0 Å². The maximum atomic E-state index is 11.1. The number of tetrazole rings is 1. The Morgan fingerprint density at radius 2 is 1.95 bits per heavy atom. The van der Waals surface area contributed by atoms with Gasteiger partial charge in [0.05, 0.1) is 5.69 Å². The van der Waals surface area contributed by atoms with Gasteiger partial charge in [-0.2, -0.15) is 0 Å². The largest absolute Gasteiger partial charge is 0.476 e. The van der Waals surface area contributed by atoms with Gasteiger partial charge in [0.15, 0.2) is 11.5 Å². The Bertz CT molecular complexity index is 589. The van der Waals surface area contributed by atoms with Gasteiger partial charge in [0.25, 0.3) is 0 Å². The Hall–Kier alpha value is -2.32. The van der Waals surface area contributed by atoms with Gasteiger partial charge in [-0.15, -0.1) is 10.2 Å². The summed E-state index contributed by atoms with van der Waals surface area (Å²) < 4.78 is 3.25. The number of carboxylic acids is 1. The predicted octanol–water partition coefficient (Wildman–Crippen LogP) is 0.374. The molecule has 0 aliphatic rings. The van der Waals surface area contributed by atoms with Crippen LogP contribution in [-0.4, -0.2) is 46.3 Å². The Morgan fingerprint density at radius 3 is 2.60 bits per heavy atom. The van der Waals surface area contributed by atoms with Crippen LogP contribution in [0, 0.1) is 0 Å². The first-order valence-electron chi connectivity index (χ1n) is 6.58. The summed E-state index contributed by atoms with van der Waals surface area (Å²) in [5.74, 6) is -0.418. The van der Waals surface area contributed by atoms with Crippen LogP contribution in [0.15, 0.2) is 0 Å². The van der Waals surface area contributed by atoms with Crippen molar-refractivity contribution >= 4 is 5.97 Å². The maximum absolute atomic E-state index is 11.1. The van der Waals surface area contributed by atoms with Crippen molar-refractivity contribution in [3.05, 3.63) is 17.2 Å². The Morgan fingerprint density at radius 1 is 1.15 bits per heavy atom. The van der Waals surface area contributed by atoms with Crippen LogP contribution < -0.4 is 0 Å². The van der Waals surface area contributed by atoms with E-state index in [1.807, 2.05) is 13.8 Å². The van der Waals surface area contributed by atoms with Crippen LogP contribution in [-0.2, 0) is 19.5 Å². The smallest absolute Gasteiger partial charge is 0.358 e. The van der Waals surface area contributed by atoms with Gasteiger partial charge in [0.1, 0.15) is 6.54 Å². The summed E-state index contributed by atoms with van der Waals surface area (Å²) in [5.41, 5.74) is 0.604. The highest BCUT2D eigenvalue weighted by Crippen LogP contribution is 2.10. The molecule has 0 saturated heterocycles. The fraction of sp³-hybridized carbons (Fsp3) is 0.636. The Balaban J connectivity index is 2.28. The van der Waals surface area contributed by atoms with Crippen LogP contribution >= 0.6 is 0 Å². The summed E-state index contributed by atoms with van der Waals surface area (Å²) in [6.45, 7) is 5.05. The van der Waals surface area contributed by atoms with Crippen molar-refractivity contribution in [2.24, 2.45) is 0 Å². The number of aromatic carboxylic acids is 1. The molecule has 0 fully saturated rings. The van der Waals surface area contributed by atoms with Crippen molar-refractivity contribution in [2.75, 3.05) is 0 Å². The third-order valence-electron chi connectivity index (χ3n) is 2.86. The zero-order valence-electron chi connectivity index (χ0n) is 11.5. The molecule has 0 aliphatic carbocycles. The number of rotatable bonds is 7. The molecule has 9 heteroatoms. The third-order valence-corrected chi connectivity index (χ3v) is 2.86. The molecular formula is C11H17N7O2. The Kier molecular flexibility index (Phi) is 4.38. The minimum atomic E-state index is -1.06. The average molecular weight is 279 g/mol. The molecule has 20 heavy (non-hydrogen) atoms. The van der Waals surface area contributed by atoms with Gasteiger partial charge in [0.2, 0.25) is 0 Å². The number of aryl methyl sites for hydroxylation is 1. The van der Waals surface area contributed by atoms with E-state index < -0.39 is 5.97 Å². The molecule has 0 unspecified atom stereocenters. The Labute approximate surface area is 115 Å². The zero-order valence-corrected chi connectivity index (χ0v) is 11.5. The van der Waals surface area contributed by atoms with Crippen molar-refractivity contribution < 1.29 is 9.90 Å². The van der Waals surface area contributed by atoms with Crippen molar-refractivity contribution in [3.63, 3.8) is 0 Å². The summed E-state index contributed by atoms with van der Waals surface area (Å²) in [4.78, 5) is 11.1. The van der Waals surface area contributed by atoms with E-state index in [-0.39, 0.29) is 5.69 Å². The lowest BCUT2D eigenvalue weighted by atomic mass is 10.2. The molecule has 1 N–H and O–H groups in total. The predicted molar refractivity (Wildman–Crippen MR) is 68.2 cm³/mol. The molecule has 2 aromatic rings. The van der Waals surface area contributed by atoms with Crippen LogP contribution in [0.2, 0.25) is 0 Å². The molecule has 0 radical (unpaired) electrons. The van der Waals surface area contributed by atoms with Crippen LogP contribution in [0.5, 0.6) is 0 Å². The molecule has 0 atom stereocenters. The average Bonchev–Trinajstić information content (AvgIpc) is 3.00. The highest BCUT2D eigenvalue weighted by atomic mass is 16.4. The highest BCUT2D eigenvalue weighted by molar-refractivity contribution is 5.86. The van der Waals surface area contributed by atoms with Crippen molar-refractivity contribution in [1.82, 2.24) is 35.2 Å². The first-order valence-corrected chi connectivity index (χ1v) is 6.58. The SMILES string of the molecule is CCCc1c(C(=O)O)nnn1Cc1nnnn1CCC. The number of carboxylic acid groups (broad SMARTS) is 1. The van der Waals surface area contributed by atoms with Gasteiger partial charge in [-0.05, 0) is 23.3 Å². The van der Waals surface area contributed by atoms with E-state index in [9.17, 15) is 4.79 Å². The fourth-order valence-corrected chi connectivity index (χ4v) is 1.97. The second kappa shape index (κ2) is 6.22. The van der Waals surface area contributed by atoms with Gasteiger partial charge in [-0.25, -0.2) is 14.2 Å². The van der Waals surface area contributed by atoms with Crippen molar-refractivity contribution in [3.8, 4) is 0 Å². The normalized spacial score (nSPS) is 10.9. The minimum absolute atomic E-state index is 0.00126. The van der Waals surface area contributed by atoms with E-state index in [0.717, 1.165) is 12.8 Å². The molecule has 0 aromatic carbocycles. The number of nitrogens with zero attached hydrogens (tertiary/aromatic N) is 7. The van der Waals surface area contributed by atoms with Crippen LogP contribution in [0.4, 0.5) is 0 Å². The summed E-state index contributed by atoms with van der Waals surface area (Å²) in [7, 11) is 0. The molecule has 0 saturated carbocycles. The van der Waals surface area contributed by atoms with Crippen LogP contribution in [0.1, 0.15) is 48.7 Å². The third kappa shape index (κ3) is 2.81. The highest BCUT2D eigenvalue weighted by Gasteiger charge is 2.19. The van der Waals surface area contributed by atoms with Gasteiger partial charge in [-0.1, -0.05) is 25.5 Å². The zero-order chi connectivity index (χ0) is 14.5. The molecule has 2 rings (SSSR count). The van der Waals surface area contributed by atoms with Crippen molar-refractivity contribution in [1.29, 1.82) is 0 Å². The first kappa shape index (κ1) is 14.1. The summed E-state index contributed by atoms with van der Waals surface area (Å²) >= 11 is 0. The molecule has 108 valence electrons. The molecule has 0 aliphatic heterocycles. The minimum Gasteiger partial charge on any atom is -0.476 e. The summed E-state index contributed by atoms with van der Waals surface area (Å²) in [5, 5.41) is 28.2. The summed E-state index contributed by atoms with van der Waals surface area (Å²) in [6, 6.07) is 0. The van der Waals surface area contributed by atoms with Crippen LogP contribution in [0.25, 0.3) is 0 Å². The van der Waals surface area contributed by atoms with Crippen molar-refractivity contribution in [2.45, 2.75) is 46.2 Å². The lowest BCUT2D eigenvalue weighted by Gasteiger charge is -2.06. The number of carbonyl (C=O) groups is 1. The maximum Gasteiger partial charge on any atom is 0.358 e. The molecular weight excluding hydrogens is 262 g/mol. The molecule has 0 amide bonds. The monoisotopic (exact) mass is 279 g/mol. The van der Waals surface area contributed by atoms with E-state index in [1.165, 1.54) is 0 Å². The van der Waals surface area contributed by atoms with E-state index in [2.05, 4.69) is 25.8 Å². The second-order valence-corrected chi connectivity index (χ2v) is 4.42.